The third-order valence-corrected chi connectivity index (χ3v) is 4.41. The molecule has 0 bridgehead atoms. The molecular weight excluding hydrogens is 318 g/mol. The largest absolute Gasteiger partial charge is 0.339 e. The SMILES string of the molecule is O=C(Cn1nnc(-c2ccccc2)n1)N1CCC[C@@H](n2cccn2)C1. The van der Waals surface area contributed by atoms with Gasteiger partial charge >= 0.3 is 0 Å². The van der Waals surface area contributed by atoms with Gasteiger partial charge in [-0.15, -0.1) is 10.2 Å². The average Bonchev–Trinajstić information content (AvgIpc) is 3.35. The third kappa shape index (κ3) is 3.42. The van der Waals surface area contributed by atoms with Gasteiger partial charge in [0, 0.05) is 31.0 Å². The molecule has 1 fully saturated rings. The summed E-state index contributed by atoms with van der Waals surface area (Å²) >= 11 is 0. The zero-order chi connectivity index (χ0) is 17.1. The lowest BCUT2D eigenvalue weighted by atomic mass is 10.1. The quantitative estimate of drug-likeness (QED) is 0.719. The fraction of sp³-hybridized carbons (Fsp3) is 0.353. The molecule has 128 valence electrons. The Morgan fingerprint density at radius 1 is 1.20 bits per heavy atom. The van der Waals surface area contributed by atoms with Crippen molar-refractivity contribution >= 4 is 5.91 Å². The molecule has 1 atom stereocenters. The minimum absolute atomic E-state index is 0.00821. The van der Waals surface area contributed by atoms with Gasteiger partial charge in [0.25, 0.3) is 0 Å². The summed E-state index contributed by atoms with van der Waals surface area (Å²) in [5, 5.41) is 16.7. The van der Waals surface area contributed by atoms with Crippen molar-refractivity contribution < 1.29 is 4.79 Å². The first kappa shape index (κ1) is 15.5. The standard InChI is InChI=1S/C17H19N7O/c25-16(22-10-4-8-15(12-22)23-11-5-9-18-23)13-24-20-17(19-21-24)14-6-2-1-3-7-14/h1-3,5-7,9,11,15H,4,8,10,12-13H2/t15-/m1/s1. The van der Waals surface area contributed by atoms with Crippen LogP contribution in [0.1, 0.15) is 18.9 Å². The van der Waals surface area contributed by atoms with Crippen LogP contribution < -0.4 is 0 Å². The van der Waals surface area contributed by atoms with Crippen molar-refractivity contribution in [2.75, 3.05) is 13.1 Å². The molecular formula is C17H19N7O. The first-order valence-electron chi connectivity index (χ1n) is 8.40. The number of amides is 1. The Bertz CT molecular complexity index is 828. The second-order valence-electron chi connectivity index (χ2n) is 6.13. The van der Waals surface area contributed by atoms with Gasteiger partial charge in [-0.1, -0.05) is 30.3 Å². The van der Waals surface area contributed by atoms with Gasteiger partial charge in [-0.3, -0.25) is 9.48 Å². The van der Waals surface area contributed by atoms with Crippen molar-refractivity contribution in [2.45, 2.75) is 25.4 Å². The molecule has 4 rings (SSSR count). The molecule has 2 aromatic heterocycles. The fourth-order valence-electron chi connectivity index (χ4n) is 3.13. The van der Waals surface area contributed by atoms with Gasteiger partial charge in [-0.25, -0.2) is 0 Å². The van der Waals surface area contributed by atoms with E-state index in [0.717, 1.165) is 24.9 Å². The number of rotatable bonds is 4. The Kier molecular flexibility index (Phi) is 4.24. The summed E-state index contributed by atoms with van der Waals surface area (Å²) in [6.45, 7) is 1.53. The molecule has 1 amide bonds. The maximum absolute atomic E-state index is 12.6. The van der Waals surface area contributed by atoms with Crippen LogP contribution in [-0.2, 0) is 11.3 Å². The molecule has 0 aliphatic carbocycles. The van der Waals surface area contributed by atoms with Crippen LogP contribution in [-0.4, -0.2) is 53.9 Å². The van der Waals surface area contributed by atoms with Gasteiger partial charge in [0.1, 0.15) is 6.54 Å². The molecule has 1 aliphatic heterocycles. The van der Waals surface area contributed by atoms with E-state index in [0.29, 0.717) is 12.4 Å². The molecule has 8 nitrogen and oxygen atoms in total. The normalized spacial score (nSPS) is 17.6. The number of carbonyl (C=O) groups excluding carboxylic acids is 1. The number of hydrogen-bond acceptors (Lipinski definition) is 5. The summed E-state index contributed by atoms with van der Waals surface area (Å²) in [4.78, 5) is 15.8. The molecule has 0 N–H and O–H groups in total. The van der Waals surface area contributed by atoms with Gasteiger partial charge in [0.15, 0.2) is 0 Å². The number of benzene rings is 1. The van der Waals surface area contributed by atoms with Gasteiger partial charge in [0.2, 0.25) is 11.7 Å². The van der Waals surface area contributed by atoms with Crippen molar-refractivity contribution in [3.63, 3.8) is 0 Å². The molecule has 1 saturated heterocycles. The van der Waals surface area contributed by atoms with Crippen LogP contribution in [0, 0.1) is 0 Å². The summed E-state index contributed by atoms with van der Waals surface area (Å²) < 4.78 is 1.93. The predicted molar refractivity (Wildman–Crippen MR) is 90.3 cm³/mol. The van der Waals surface area contributed by atoms with E-state index in [-0.39, 0.29) is 18.5 Å². The first-order valence-corrected chi connectivity index (χ1v) is 8.40. The predicted octanol–water partition coefficient (Wildman–Crippen LogP) is 1.40. The van der Waals surface area contributed by atoms with Crippen LogP contribution >= 0.6 is 0 Å². The monoisotopic (exact) mass is 337 g/mol. The van der Waals surface area contributed by atoms with E-state index in [1.165, 1.54) is 4.80 Å². The Morgan fingerprint density at radius 3 is 2.88 bits per heavy atom. The van der Waals surface area contributed by atoms with Crippen LogP contribution in [0.25, 0.3) is 11.4 Å². The second-order valence-corrected chi connectivity index (χ2v) is 6.13. The smallest absolute Gasteiger partial charge is 0.246 e. The summed E-state index contributed by atoms with van der Waals surface area (Å²) in [6, 6.07) is 11.8. The summed E-state index contributed by atoms with van der Waals surface area (Å²) in [6.07, 6.45) is 5.72. The lowest BCUT2D eigenvalue weighted by molar-refractivity contribution is -0.134. The Morgan fingerprint density at radius 2 is 2.08 bits per heavy atom. The van der Waals surface area contributed by atoms with Gasteiger partial charge in [-0.05, 0) is 24.1 Å². The lowest BCUT2D eigenvalue weighted by Gasteiger charge is -2.32. The van der Waals surface area contributed by atoms with Gasteiger partial charge < -0.3 is 4.90 Å². The number of likely N-dealkylation sites (tertiary alicyclic amines) is 1. The highest BCUT2D eigenvalue weighted by molar-refractivity contribution is 5.76. The number of aromatic nitrogens is 6. The molecule has 3 heterocycles. The summed E-state index contributed by atoms with van der Waals surface area (Å²) in [5.74, 6) is 0.537. The highest BCUT2D eigenvalue weighted by Gasteiger charge is 2.25. The van der Waals surface area contributed by atoms with E-state index >= 15 is 0 Å². The maximum Gasteiger partial charge on any atom is 0.246 e. The van der Waals surface area contributed by atoms with Gasteiger partial charge in [-0.2, -0.15) is 9.90 Å². The first-order chi connectivity index (χ1) is 12.3. The summed E-state index contributed by atoms with van der Waals surface area (Å²) in [7, 11) is 0. The Balaban J connectivity index is 1.41. The topological polar surface area (TPSA) is 81.7 Å². The molecule has 8 heteroatoms. The van der Waals surface area contributed by atoms with E-state index in [2.05, 4.69) is 20.5 Å². The van der Waals surface area contributed by atoms with Crippen LogP contribution in [0.4, 0.5) is 0 Å². The highest BCUT2D eigenvalue weighted by Crippen LogP contribution is 2.20. The zero-order valence-corrected chi connectivity index (χ0v) is 13.8. The Labute approximate surface area is 145 Å². The molecule has 0 saturated carbocycles. The molecule has 0 radical (unpaired) electrons. The highest BCUT2D eigenvalue weighted by atomic mass is 16.2. The molecule has 0 spiro atoms. The lowest BCUT2D eigenvalue weighted by Crippen LogP contribution is -2.42. The average molecular weight is 337 g/mol. The molecule has 1 aliphatic rings. The number of nitrogens with zero attached hydrogens (tertiary/aromatic N) is 7. The Hall–Kier alpha value is -3.03. The van der Waals surface area contributed by atoms with Crippen molar-refractivity contribution in [3.05, 3.63) is 48.8 Å². The molecule has 3 aromatic rings. The molecule has 0 unspecified atom stereocenters. The van der Waals surface area contributed by atoms with Crippen LogP contribution in [0.15, 0.2) is 48.8 Å². The van der Waals surface area contributed by atoms with E-state index in [1.54, 1.807) is 6.20 Å². The van der Waals surface area contributed by atoms with Crippen molar-refractivity contribution in [1.82, 2.24) is 34.9 Å². The van der Waals surface area contributed by atoms with E-state index in [4.69, 9.17) is 0 Å². The minimum atomic E-state index is 0.00821. The second kappa shape index (κ2) is 6.84. The van der Waals surface area contributed by atoms with Crippen molar-refractivity contribution in [1.29, 1.82) is 0 Å². The molecule has 1 aromatic carbocycles. The minimum Gasteiger partial charge on any atom is -0.339 e. The third-order valence-electron chi connectivity index (χ3n) is 4.41. The fourth-order valence-corrected chi connectivity index (χ4v) is 3.13. The van der Waals surface area contributed by atoms with Crippen molar-refractivity contribution in [2.24, 2.45) is 0 Å². The van der Waals surface area contributed by atoms with Crippen molar-refractivity contribution in [3.8, 4) is 11.4 Å². The van der Waals surface area contributed by atoms with Gasteiger partial charge in [0.05, 0.1) is 6.04 Å². The number of hydrogen-bond donors (Lipinski definition) is 0. The summed E-state index contributed by atoms with van der Waals surface area (Å²) in [5.41, 5.74) is 0.887. The van der Waals surface area contributed by atoms with E-state index in [1.807, 2.05) is 52.2 Å². The van der Waals surface area contributed by atoms with E-state index < -0.39 is 0 Å². The number of tetrazole rings is 1. The van der Waals surface area contributed by atoms with Crippen LogP contribution in [0.5, 0.6) is 0 Å². The van der Waals surface area contributed by atoms with Crippen LogP contribution in [0.3, 0.4) is 0 Å². The maximum atomic E-state index is 12.6. The van der Waals surface area contributed by atoms with E-state index in [9.17, 15) is 4.79 Å². The van der Waals surface area contributed by atoms with Crippen LogP contribution in [0.2, 0.25) is 0 Å². The molecule has 25 heavy (non-hydrogen) atoms. The number of carbonyl (C=O) groups is 1. The zero-order valence-electron chi connectivity index (χ0n) is 13.8. The number of piperidine rings is 1.